The second-order valence-electron chi connectivity index (χ2n) is 11.0. The normalized spacial score (nSPS) is 15.6. The number of halogens is 3. The average Bonchev–Trinajstić information content (AvgIpc) is 2.83. The number of carbonyl (C=O) groups excluding carboxylic acids is 1. The molecule has 2 atom stereocenters. The van der Waals surface area contributed by atoms with Crippen LogP contribution in [0.15, 0.2) is 24.3 Å². The van der Waals surface area contributed by atoms with E-state index in [0.29, 0.717) is 17.8 Å². The summed E-state index contributed by atoms with van der Waals surface area (Å²) in [7, 11) is -4.92. The molecule has 0 aliphatic carbocycles. The number of hydrogen-bond acceptors (Lipinski definition) is 7. The number of amides is 1. The number of anilines is 1. The second-order valence-corrected chi connectivity index (χ2v) is 29.2. The van der Waals surface area contributed by atoms with Crippen molar-refractivity contribution in [2.45, 2.75) is 76.1 Å². The monoisotopic (exact) mass is 645 g/mol. The molecular weight excluding hydrogens is 600 g/mol. The largest absolute Gasteiger partial charge is 0.500 e. The topological polar surface area (TPSA) is 84.5 Å². The van der Waals surface area contributed by atoms with E-state index < -0.39 is 61.5 Å². The summed E-state index contributed by atoms with van der Waals surface area (Å²) < 4.78 is 73.1. The summed E-state index contributed by atoms with van der Waals surface area (Å²) in [5, 5.41) is 3.44. The number of alkyl halides is 3. The summed E-state index contributed by atoms with van der Waals surface area (Å²) in [5.41, 5.74) is 0.385. The molecule has 0 aliphatic rings. The molecule has 0 aliphatic heterocycles. The summed E-state index contributed by atoms with van der Waals surface area (Å²) >= 11 is 0. The van der Waals surface area contributed by atoms with E-state index in [1.807, 2.05) is 19.2 Å². The minimum Gasteiger partial charge on any atom is -0.439 e. The van der Waals surface area contributed by atoms with E-state index >= 15 is 0 Å². The van der Waals surface area contributed by atoms with Gasteiger partial charge in [0.1, 0.15) is 6.42 Å². The Balaban J connectivity index is 2.78. The van der Waals surface area contributed by atoms with Gasteiger partial charge in [0.15, 0.2) is 8.32 Å². The van der Waals surface area contributed by atoms with Gasteiger partial charge in [-0.3, -0.25) is 4.79 Å². The predicted octanol–water partition coefficient (Wildman–Crippen LogP) is 5.18. The highest BCUT2D eigenvalue weighted by Crippen LogP contribution is 2.27. The molecule has 1 amide bonds. The van der Waals surface area contributed by atoms with Crippen molar-refractivity contribution < 1.29 is 43.9 Å². The van der Waals surface area contributed by atoms with Gasteiger partial charge in [0.25, 0.3) is 9.28 Å². The molecule has 0 radical (unpaired) electrons. The Morgan fingerprint density at radius 3 is 1.97 bits per heavy atom. The summed E-state index contributed by atoms with van der Waals surface area (Å²) in [6, 6.07) is 10.3. The van der Waals surface area contributed by atoms with Crippen LogP contribution in [-0.4, -0.2) is 83.6 Å². The molecule has 0 fully saturated rings. The first-order valence-electron chi connectivity index (χ1n) is 12.9. The number of nitrogens with one attached hydrogen (secondary N) is 1. The fourth-order valence-corrected chi connectivity index (χ4v) is 23.2. The first-order valence-corrected chi connectivity index (χ1v) is 25.7. The molecule has 0 bridgehead atoms. The van der Waals surface area contributed by atoms with E-state index in [9.17, 15) is 18.0 Å². The summed E-state index contributed by atoms with van der Waals surface area (Å²) in [5.74, 6) is -1.06. The predicted molar refractivity (Wildman–Crippen MR) is 160 cm³/mol. The number of carbonyl (C=O) groups is 1. The van der Waals surface area contributed by atoms with Gasteiger partial charge in [-0.2, -0.15) is 13.2 Å². The molecule has 0 spiro atoms. The van der Waals surface area contributed by atoms with Crippen molar-refractivity contribution in [3.63, 3.8) is 0 Å². The molecule has 16 heteroatoms. The molecule has 8 nitrogen and oxygen atoms in total. The van der Waals surface area contributed by atoms with Crippen molar-refractivity contribution in [3.8, 4) is 0 Å². The molecule has 2 unspecified atom stereocenters. The van der Waals surface area contributed by atoms with Crippen molar-refractivity contribution >= 4 is 59.8 Å². The number of benzene rings is 1. The van der Waals surface area contributed by atoms with E-state index in [1.165, 1.54) is 0 Å². The van der Waals surface area contributed by atoms with E-state index in [4.69, 9.17) is 25.9 Å². The van der Waals surface area contributed by atoms with Gasteiger partial charge in [-0.05, 0) is 50.4 Å². The molecule has 226 valence electrons. The van der Waals surface area contributed by atoms with Crippen LogP contribution in [-0.2, 0) is 30.7 Å². The average molecular weight is 646 g/mol. The van der Waals surface area contributed by atoms with Crippen LogP contribution in [0.25, 0.3) is 0 Å². The van der Waals surface area contributed by atoms with E-state index in [2.05, 4.69) is 31.5 Å². The number of hydrogen-bond donors (Lipinski definition) is 1. The Morgan fingerprint density at radius 2 is 1.46 bits per heavy atom. The standard InChI is InChI=1S/C23H46F3NO7Si5/c1-29-38(10,16-17-39(30-2,31-3)32-4)34-35(5)33-37(8,9)15-14-36(6,7)21-13-11-12-20(18-21)27-22(28)19-23(24,25)26/h11-13,18,35H,14-17,19H2,1-10H3,(H,27,28). The van der Waals surface area contributed by atoms with Gasteiger partial charge < -0.3 is 31.3 Å². The van der Waals surface area contributed by atoms with Gasteiger partial charge >= 0.3 is 23.5 Å². The van der Waals surface area contributed by atoms with Gasteiger partial charge in [0, 0.05) is 40.2 Å². The molecule has 0 aromatic heterocycles. The van der Waals surface area contributed by atoms with Crippen molar-refractivity contribution in [2.75, 3.05) is 33.8 Å². The lowest BCUT2D eigenvalue weighted by molar-refractivity contribution is -0.150. The summed E-state index contributed by atoms with van der Waals surface area (Å²) in [6.45, 7) is 12.9. The van der Waals surface area contributed by atoms with Crippen LogP contribution in [0.1, 0.15) is 6.42 Å². The summed E-state index contributed by atoms with van der Waals surface area (Å²) in [4.78, 5) is 11.7. The maximum absolute atomic E-state index is 12.5. The molecule has 39 heavy (non-hydrogen) atoms. The zero-order chi connectivity index (χ0) is 30.1. The Labute approximate surface area is 237 Å². The minimum atomic E-state index is -4.54. The molecule has 1 aromatic rings. The van der Waals surface area contributed by atoms with Crippen molar-refractivity contribution in [3.05, 3.63) is 24.3 Å². The molecule has 0 saturated carbocycles. The van der Waals surface area contributed by atoms with Crippen LogP contribution in [0.2, 0.25) is 63.5 Å². The minimum absolute atomic E-state index is 0.385. The van der Waals surface area contributed by atoms with Crippen LogP contribution in [0, 0.1) is 0 Å². The first-order chi connectivity index (χ1) is 17.8. The molecule has 0 saturated heterocycles. The fraction of sp³-hybridized carbons (Fsp3) is 0.696. The van der Waals surface area contributed by atoms with Crippen LogP contribution in [0.5, 0.6) is 0 Å². The van der Waals surface area contributed by atoms with Gasteiger partial charge in [0.05, 0.1) is 8.07 Å². The van der Waals surface area contributed by atoms with E-state index in [1.54, 1.807) is 46.6 Å². The maximum atomic E-state index is 12.5. The first kappa shape index (κ1) is 36.4. The van der Waals surface area contributed by atoms with E-state index in [-0.39, 0.29) is 0 Å². The molecule has 0 heterocycles. The lowest BCUT2D eigenvalue weighted by atomic mass is 10.3. The Kier molecular flexibility index (Phi) is 14.0. The Bertz CT molecular complexity index is 914. The SMILES string of the molecule is CO[Si](C)(CC[Si](OC)(OC)OC)O[SiH](C)O[Si](C)(C)CC[Si](C)(C)c1cccc(NC(=O)CC(F)(F)F)c1. The van der Waals surface area contributed by atoms with Gasteiger partial charge in [-0.15, -0.1) is 0 Å². The lowest BCUT2D eigenvalue weighted by Crippen LogP contribution is -2.50. The smallest absolute Gasteiger partial charge is 0.439 e. The van der Waals surface area contributed by atoms with Gasteiger partial charge in [-0.25, -0.2) is 0 Å². The third-order valence-corrected chi connectivity index (χ3v) is 24.6. The lowest BCUT2D eigenvalue weighted by Gasteiger charge is -2.35. The highest BCUT2D eigenvalue weighted by atomic mass is 28.5. The highest BCUT2D eigenvalue weighted by molar-refractivity contribution is 6.91. The Morgan fingerprint density at radius 1 is 0.872 bits per heavy atom. The summed E-state index contributed by atoms with van der Waals surface area (Å²) in [6.07, 6.45) is -6.04. The Hall–Kier alpha value is -0.676. The molecule has 1 rings (SSSR count). The van der Waals surface area contributed by atoms with Crippen molar-refractivity contribution in [1.29, 1.82) is 0 Å². The zero-order valence-electron chi connectivity index (χ0n) is 24.9. The third kappa shape index (κ3) is 12.8. The van der Waals surface area contributed by atoms with Gasteiger partial charge in [-0.1, -0.05) is 36.5 Å². The van der Waals surface area contributed by atoms with Crippen LogP contribution in [0.4, 0.5) is 18.9 Å². The quantitative estimate of drug-likeness (QED) is 0.234. The maximum Gasteiger partial charge on any atom is 0.500 e. The second kappa shape index (κ2) is 15.0. The zero-order valence-corrected chi connectivity index (χ0v) is 30.1. The van der Waals surface area contributed by atoms with Crippen molar-refractivity contribution in [1.82, 2.24) is 0 Å². The highest BCUT2D eigenvalue weighted by Gasteiger charge is 2.44. The molecule has 1 aromatic carbocycles. The van der Waals surface area contributed by atoms with Crippen LogP contribution in [0.3, 0.4) is 0 Å². The molecule has 1 N–H and O–H groups in total. The third-order valence-electron chi connectivity index (χ3n) is 6.79. The molecular formula is C23H46F3NO7Si5. The van der Waals surface area contributed by atoms with Crippen molar-refractivity contribution in [2.24, 2.45) is 0 Å². The van der Waals surface area contributed by atoms with Gasteiger partial charge in [0.2, 0.25) is 5.91 Å². The van der Waals surface area contributed by atoms with Crippen LogP contribution < -0.4 is 10.5 Å². The van der Waals surface area contributed by atoms with Crippen LogP contribution >= 0.6 is 0 Å². The number of rotatable bonds is 17. The van der Waals surface area contributed by atoms with E-state index in [0.717, 1.165) is 17.3 Å². The fourth-order valence-electron chi connectivity index (χ4n) is 4.19.